The molecular weight excluding hydrogens is 283 g/mol. The van der Waals surface area contributed by atoms with Gasteiger partial charge in [-0.2, -0.15) is 0 Å². The van der Waals surface area contributed by atoms with Crippen LogP contribution in [0.2, 0.25) is 0 Å². The largest absolute Gasteiger partial charge is 0.343 e. The second-order valence-electron chi connectivity index (χ2n) is 5.32. The molecule has 1 saturated heterocycles. The van der Waals surface area contributed by atoms with Crippen LogP contribution in [0.5, 0.6) is 0 Å². The molecule has 1 aromatic carbocycles. The molecule has 1 aromatic heterocycles. The van der Waals surface area contributed by atoms with E-state index in [2.05, 4.69) is 15.3 Å². The van der Waals surface area contributed by atoms with Gasteiger partial charge in [-0.25, -0.2) is 14.4 Å². The summed E-state index contributed by atoms with van der Waals surface area (Å²) in [5.74, 6) is 0.162. The highest BCUT2D eigenvalue weighted by atomic mass is 19.1. The zero-order chi connectivity index (χ0) is 15.5. The summed E-state index contributed by atoms with van der Waals surface area (Å²) >= 11 is 0. The Bertz CT molecular complexity index is 670. The van der Waals surface area contributed by atoms with Crippen LogP contribution in [0, 0.1) is 5.82 Å². The smallest absolute Gasteiger partial charge is 0.244 e. The molecule has 2 heterocycles. The highest BCUT2D eigenvalue weighted by Crippen LogP contribution is 2.18. The first-order valence-corrected chi connectivity index (χ1v) is 7.28. The fourth-order valence-electron chi connectivity index (χ4n) is 2.28. The summed E-state index contributed by atoms with van der Waals surface area (Å²) in [5.41, 5.74) is 1.48. The Balaban J connectivity index is 1.73. The van der Waals surface area contributed by atoms with Crippen molar-refractivity contribution in [2.24, 2.45) is 0 Å². The van der Waals surface area contributed by atoms with Gasteiger partial charge in [0.05, 0.1) is 5.69 Å². The number of rotatable bonds is 4. The summed E-state index contributed by atoms with van der Waals surface area (Å²) in [5, 5.41) is 3.02. The normalized spacial score (nSPS) is 15.1. The lowest BCUT2D eigenvalue weighted by molar-refractivity contribution is -0.135. The second kappa shape index (κ2) is 6.09. The molecule has 0 unspecified atom stereocenters. The lowest BCUT2D eigenvalue weighted by Gasteiger charge is -2.33. The Hall–Kier alpha value is -2.50. The summed E-state index contributed by atoms with van der Waals surface area (Å²) in [6.07, 6.45) is 2.68. The summed E-state index contributed by atoms with van der Waals surface area (Å²) in [4.78, 5) is 22.4. The number of carbonyl (C=O) groups is 1. The number of hydrogen-bond acceptors (Lipinski definition) is 4. The van der Waals surface area contributed by atoms with Gasteiger partial charge in [0.1, 0.15) is 11.9 Å². The minimum absolute atomic E-state index is 0.0574. The van der Waals surface area contributed by atoms with Gasteiger partial charge in [0.2, 0.25) is 11.9 Å². The molecule has 3 rings (SSSR count). The van der Waals surface area contributed by atoms with Crippen LogP contribution < -0.4 is 5.32 Å². The lowest BCUT2D eigenvalue weighted by Crippen LogP contribution is -2.48. The fourth-order valence-corrected chi connectivity index (χ4v) is 2.28. The third-order valence-electron chi connectivity index (χ3n) is 3.68. The van der Waals surface area contributed by atoms with Gasteiger partial charge in [0, 0.05) is 24.8 Å². The molecule has 1 aliphatic heterocycles. The molecule has 0 radical (unpaired) electrons. The fraction of sp³-hybridized carbons (Fsp3) is 0.312. The van der Waals surface area contributed by atoms with Crippen LogP contribution in [-0.2, 0) is 4.79 Å². The molecule has 1 amide bonds. The van der Waals surface area contributed by atoms with Crippen molar-refractivity contribution in [3.63, 3.8) is 0 Å². The van der Waals surface area contributed by atoms with E-state index >= 15 is 0 Å². The number of carbonyl (C=O) groups excluding carboxylic acids is 1. The van der Waals surface area contributed by atoms with Gasteiger partial charge >= 0.3 is 0 Å². The molecule has 114 valence electrons. The SMILES string of the molecule is C[C@@H](Nc1nccc(-c2ccc(F)cc2)n1)C(=O)N1CCC1. The molecule has 2 aromatic rings. The predicted octanol–water partition coefficient (Wildman–Crippen LogP) is 2.32. The van der Waals surface area contributed by atoms with E-state index in [1.165, 1.54) is 12.1 Å². The van der Waals surface area contributed by atoms with Gasteiger partial charge in [-0.15, -0.1) is 0 Å². The number of anilines is 1. The summed E-state index contributed by atoms with van der Waals surface area (Å²) in [6, 6.07) is 7.48. The van der Waals surface area contributed by atoms with Crippen LogP contribution in [0.3, 0.4) is 0 Å². The quantitative estimate of drug-likeness (QED) is 0.941. The van der Waals surface area contributed by atoms with E-state index < -0.39 is 0 Å². The van der Waals surface area contributed by atoms with E-state index in [9.17, 15) is 9.18 Å². The van der Waals surface area contributed by atoms with Crippen molar-refractivity contribution in [2.75, 3.05) is 18.4 Å². The van der Waals surface area contributed by atoms with E-state index in [0.29, 0.717) is 11.6 Å². The van der Waals surface area contributed by atoms with Crippen molar-refractivity contribution >= 4 is 11.9 Å². The van der Waals surface area contributed by atoms with E-state index in [1.807, 2.05) is 4.90 Å². The number of likely N-dealkylation sites (tertiary alicyclic amines) is 1. The van der Waals surface area contributed by atoms with Gasteiger partial charge in [0.25, 0.3) is 0 Å². The standard InChI is InChI=1S/C16H17FN4O/c1-11(15(22)21-9-2-10-21)19-16-18-8-7-14(20-16)12-3-5-13(17)6-4-12/h3-8,11H,2,9-10H2,1H3,(H,18,19,20)/t11-/m1/s1. The van der Waals surface area contributed by atoms with Crippen LogP contribution in [0.15, 0.2) is 36.5 Å². The van der Waals surface area contributed by atoms with Crippen molar-refractivity contribution in [1.82, 2.24) is 14.9 Å². The van der Waals surface area contributed by atoms with Gasteiger partial charge < -0.3 is 10.2 Å². The number of halogens is 1. The first-order valence-electron chi connectivity index (χ1n) is 7.28. The topological polar surface area (TPSA) is 58.1 Å². The average Bonchev–Trinajstić information content (AvgIpc) is 2.46. The van der Waals surface area contributed by atoms with E-state index in [4.69, 9.17) is 0 Å². The Kier molecular flexibility index (Phi) is 4.00. The summed E-state index contributed by atoms with van der Waals surface area (Å²) in [7, 11) is 0. The molecule has 0 saturated carbocycles. The molecule has 6 heteroatoms. The van der Waals surface area contributed by atoms with E-state index in [1.54, 1.807) is 31.3 Å². The lowest BCUT2D eigenvalue weighted by atomic mass is 10.1. The summed E-state index contributed by atoms with van der Waals surface area (Å²) < 4.78 is 13.0. The maximum Gasteiger partial charge on any atom is 0.244 e. The van der Waals surface area contributed by atoms with Crippen LogP contribution in [0.25, 0.3) is 11.3 Å². The number of amides is 1. The molecular formula is C16H17FN4O. The zero-order valence-corrected chi connectivity index (χ0v) is 12.3. The van der Waals surface area contributed by atoms with E-state index in [0.717, 1.165) is 25.1 Å². The maximum absolute atomic E-state index is 13.0. The number of aromatic nitrogens is 2. The van der Waals surface area contributed by atoms with Gasteiger partial charge in [-0.3, -0.25) is 4.79 Å². The number of hydrogen-bond donors (Lipinski definition) is 1. The highest BCUT2D eigenvalue weighted by molar-refractivity contribution is 5.84. The van der Waals surface area contributed by atoms with Crippen molar-refractivity contribution in [1.29, 1.82) is 0 Å². The number of nitrogens with zero attached hydrogens (tertiary/aromatic N) is 3. The predicted molar refractivity (Wildman–Crippen MR) is 81.7 cm³/mol. The third kappa shape index (κ3) is 3.05. The number of benzene rings is 1. The van der Waals surface area contributed by atoms with Gasteiger partial charge in [-0.05, 0) is 43.7 Å². The van der Waals surface area contributed by atoms with Crippen molar-refractivity contribution in [3.8, 4) is 11.3 Å². The van der Waals surface area contributed by atoms with Crippen molar-refractivity contribution < 1.29 is 9.18 Å². The Morgan fingerprint density at radius 1 is 1.27 bits per heavy atom. The molecule has 22 heavy (non-hydrogen) atoms. The molecule has 0 bridgehead atoms. The molecule has 1 fully saturated rings. The third-order valence-corrected chi connectivity index (χ3v) is 3.68. The Morgan fingerprint density at radius 3 is 2.64 bits per heavy atom. The zero-order valence-electron chi connectivity index (χ0n) is 12.3. The molecule has 1 atom stereocenters. The van der Waals surface area contributed by atoms with Gasteiger partial charge in [0.15, 0.2) is 0 Å². The summed E-state index contributed by atoms with van der Waals surface area (Å²) in [6.45, 7) is 3.44. The van der Waals surface area contributed by atoms with Crippen LogP contribution in [0.1, 0.15) is 13.3 Å². The van der Waals surface area contributed by atoms with Crippen LogP contribution in [-0.4, -0.2) is 39.9 Å². The Morgan fingerprint density at radius 2 is 2.00 bits per heavy atom. The molecule has 0 aliphatic carbocycles. The first-order chi connectivity index (χ1) is 10.6. The van der Waals surface area contributed by atoms with Crippen molar-refractivity contribution in [2.45, 2.75) is 19.4 Å². The highest BCUT2D eigenvalue weighted by Gasteiger charge is 2.25. The van der Waals surface area contributed by atoms with Crippen LogP contribution in [0.4, 0.5) is 10.3 Å². The first kappa shape index (κ1) is 14.4. The minimum Gasteiger partial charge on any atom is -0.343 e. The molecule has 5 nitrogen and oxygen atoms in total. The molecule has 1 N–H and O–H groups in total. The minimum atomic E-state index is -0.372. The number of nitrogens with one attached hydrogen (secondary N) is 1. The van der Waals surface area contributed by atoms with E-state index in [-0.39, 0.29) is 17.8 Å². The second-order valence-corrected chi connectivity index (χ2v) is 5.32. The monoisotopic (exact) mass is 300 g/mol. The Labute approximate surface area is 128 Å². The van der Waals surface area contributed by atoms with Gasteiger partial charge in [-0.1, -0.05) is 0 Å². The maximum atomic E-state index is 13.0. The van der Waals surface area contributed by atoms with Crippen molar-refractivity contribution in [3.05, 3.63) is 42.3 Å². The molecule has 0 spiro atoms. The molecule has 1 aliphatic rings. The average molecular weight is 300 g/mol. The van der Waals surface area contributed by atoms with Crippen LogP contribution >= 0.6 is 0 Å².